The number of carboxylic acid groups (broad SMARTS) is 1. The molecule has 3 rings (SSSR count). The molecule has 1 aliphatic carbocycles. The zero-order chi connectivity index (χ0) is 18.4. The summed E-state index contributed by atoms with van der Waals surface area (Å²) < 4.78 is 5.59. The van der Waals surface area contributed by atoms with Crippen molar-refractivity contribution in [3.63, 3.8) is 0 Å². The Morgan fingerprint density at radius 3 is 2.56 bits per heavy atom. The molecule has 1 aromatic heterocycles. The number of nitrogens with zero attached hydrogens (tertiary/aromatic N) is 1. The second-order valence-electron chi connectivity index (χ2n) is 6.32. The van der Waals surface area contributed by atoms with Gasteiger partial charge in [0.2, 0.25) is 0 Å². The van der Waals surface area contributed by atoms with Crippen molar-refractivity contribution in [2.75, 3.05) is 0 Å². The molecule has 0 aliphatic heterocycles. The number of aromatic nitrogens is 1. The summed E-state index contributed by atoms with van der Waals surface area (Å²) in [6, 6.07) is 4.90. The van der Waals surface area contributed by atoms with Crippen molar-refractivity contribution < 1.29 is 24.5 Å². The number of hydrogen-bond donors (Lipinski definition) is 3. The van der Waals surface area contributed by atoms with Gasteiger partial charge >= 0.3 is 5.97 Å². The molecule has 0 bridgehead atoms. The van der Waals surface area contributed by atoms with E-state index in [1.54, 1.807) is 18.2 Å². The maximum Gasteiger partial charge on any atom is 0.329 e. The molecule has 1 saturated carbocycles. The molecule has 8 heteroatoms. The Balaban J connectivity index is 2.02. The Labute approximate surface area is 148 Å². The van der Waals surface area contributed by atoms with Gasteiger partial charge in [-0.05, 0) is 44.9 Å². The molecule has 1 heterocycles. The number of pyridine rings is 1. The van der Waals surface area contributed by atoms with Crippen molar-refractivity contribution in [1.82, 2.24) is 10.3 Å². The van der Waals surface area contributed by atoms with Gasteiger partial charge in [0.15, 0.2) is 11.4 Å². The highest BCUT2D eigenvalue weighted by molar-refractivity contribution is 6.35. The van der Waals surface area contributed by atoms with Crippen LogP contribution in [-0.4, -0.2) is 38.7 Å². The first-order chi connectivity index (χ1) is 11.7. The summed E-state index contributed by atoms with van der Waals surface area (Å²) in [5, 5.41) is 22.9. The van der Waals surface area contributed by atoms with Crippen LogP contribution in [0.1, 0.15) is 37.2 Å². The molecule has 1 aliphatic rings. The number of aromatic hydroxyl groups is 1. The first-order valence-corrected chi connectivity index (χ1v) is 8.16. The van der Waals surface area contributed by atoms with Gasteiger partial charge in [0, 0.05) is 10.8 Å². The molecule has 1 fully saturated rings. The van der Waals surface area contributed by atoms with Crippen LogP contribution in [0.15, 0.2) is 18.2 Å². The molecule has 0 saturated heterocycles. The van der Waals surface area contributed by atoms with E-state index in [0.717, 1.165) is 0 Å². The number of carbonyl (C=O) groups is 2. The van der Waals surface area contributed by atoms with Gasteiger partial charge in [-0.2, -0.15) is 0 Å². The van der Waals surface area contributed by atoms with Gasteiger partial charge in [0.1, 0.15) is 16.4 Å². The van der Waals surface area contributed by atoms with Crippen LogP contribution in [-0.2, 0) is 4.79 Å². The monoisotopic (exact) mass is 364 g/mol. The lowest BCUT2D eigenvalue weighted by Crippen LogP contribution is -2.43. The summed E-state index contributed by atoms with van der Waals surface area (Å²) in [6.07, 6.45) is 0.607. The fourth-order valence-electron chi connectivity index (χ4n) is 2.54. The summed E-state index contributed by atoms with van der Waals surface area (Å²) in [5.74, 6) is -1.75. The molecule has 3 N–H and O–H groups in total. The van der Waals surface area contributed by atoms with E-state index in [0.29, 0.717) is 29.4 Å². The minimum atomic E-state index is -1.28. The van der Waals surface area contributed by atoms with Crippen molar-refractivity contribution in [3.05, 3.63) is 29.0 Å². The molecule has 1 aromatic carbocycles. The van der Waals surface area contributed by atoms with E-state index in [4.69, 9.17) is 16.3 Å². The van der Waals surface area contributed by atoms with Crippen LogP contribution >= 0.6 is 11.6 Å². The van der Waals surface area contributed by atoms with Crippen LogP contribution < -0.4 is 10.1 Å². The lowest BCUT2D eigenvalue weighted by molar-refractivity contribution is -0.140. The van der Waals surface area contributed by atoms with Gasteiger partial charge in [0.25, 0.3) is 5.91 Å². The second-order valence-corrected chi connectivity index (χ2v) is 6.67. The topological polar surface area (TPSA) is 109 Å². The third-order valence-electron chi connectivity index (χ3n) is 4.00. The van der Waals surface area contributed by atoms with Crippen molar-refractivity contribution in [1.29, 1.82) is 0 Å². The molecule has 25 heavy (non-hydrogen) atoms. The number of carbonyl (C=O) groups excluding carboxylic acids is 1. The summed E-state index contributed by atoms with van der Waals surface area (Å²) in [5.41, 5.74) is -1.60. The average Bonchev–Trinajstić information content (AvgIpc) is 3.31. The quantitative estimate of drug-likeness (QED) is 0.704. The Bertz CT molecular complexity index is 877. The fraction of sp³-hybridized carbons (Fsp3) is 0.353. The van der Waals surface area contributed by atoms with Gasteiger partial charge in [-0.3, -0.25) is 4.79 Å². The molecule has 0 unspecified atom stereocenters. The van der Waals surface area contributed by atoms with E-state index in [2.05, 4.69) is 10.3 Å². The predicted molar refractivity (Wildman–Crippen MR) is 91.2 cm³/mol. The van der Waals surface area contributed by atoms with Crippen LogP contribution in [0.3, 0.4) is 0 Å². The third kappa shape index (κ3) is 3.19. The van der Waals surface area contributed by atoms with Crippen molar-refractivity contribution in [2.45, 2.75) is 38.3 Å². The number of aliphatic carboxylic acids is 1. The van der Waals surface area contributed by atoms with Crippen molar-refractivity contribution in [3.8, 4) is 11.5 Å². The van der Waals surface area contributed by atoms with Crippen LogP contribution in [0, 0.1) is 0 Å². The molecule has 2 aromatic rings. The van der Waals surface area contributed by atoms with E-state index in [9.17, 15) is 19.8 Å². The van der Waals surface area contributed by atoms with Crippen LogP contribution in [0.2, 0.25) is 5.15 Å². The highest BCUT2D eigenvalue weighted by Crippen LogP contribution is 2.38. The van der Waals surface area contributed by atoms with Gasteiger partial charge < -0.3 is 20.3 Å². The van der Waals surface area contributed by atoms with Crippen molar-refractivity contribution in [2.24, 2.45) is 0 Å². The first-order valence-electron chi connectivity index (χ1n) is 7.78. The Hall–Kier alpha value is -2.54. The lowest BCUT2D eigenvalue weighted by Gasteiger charge is -2.15. The molecule has 132 valence electrons. The van der Waals surface area contributed by atoms with E-state index in [1.807, 2.05) is 13.8 Å². The van der Waals surface area contributed by atoms with Gasteiger partial charge in [-0.1, -0.05) is 11.6 Å². The number of rotatable bonds is 5. The minimum Gasteiger partial charge on any atom is -0.505 e. The zero-order valence-electron chi connectivity index (χ0n) is 13.7. The zero-order valence-corrected chi connectivity index (χ0v) is 14.4. The molecule has 0 radical (unpaired) electrons. The largest absolute Gasteiger partial charge is 0.505 e. The maximum atomic E-state index is 12.4. The summed E-state index contributed by atoms with van der Waals surface area (Å²) >= 11 is 6.13. The van der Waals surface area contributed by atoms with Crippen LogP contribution in [0.5, 0.6) is 11.5 Å². The first kappa shape index (κ1) is 17.3. The predicted octanol–water partition coefficient (Wildman–Crippen LogP) is 2.73. The Morgan fingerprint density at radius 2 is 2.00 bits per heavy atom. The molecule has 0 spiro atoms. The smallest absolute Gasteiger partial charge is 0.329 e. The second kappa shape index (κ2) is 6.07. The van der Waals surface area contributed by atoms with Crippen LogP contribution in [0.25, 0.3) is 10.8 Å². The number of carboxylic acids is 1. The third-order valence-corrected chi connectivity index (χ3v) is 4.29. The molecular weight excluding hydrogens is 348 g/mol. The van der Waals surface area contributed by atoms with Gasteiger partial charge in [-0.25, -0.2) is 9.78 Å². The number of fused-ring (bicyclic) bond motifs is 1. The molecular formula is C17H17ClN2O5. The SMILES string of the molecule is CC(C)Oc1ccc2c(Cl)nc(C(=O)NC3(C(=O)O)CC3)c(O)c2c1. The highest BCUT2D eigenvalue weighted by Gasteiger charge is 2.52. The number of nitrogens with one attached hydrogen (secondary N) is 1. The standard InChI is InChI=1S/C17H17ClN2O5/c1-8(2)25-9-3-4-10-11(7-9)13(21)12(19-14(10)18)15(22)20-17(5-6-17)16(23)24/h3-4,7-8,21H,5-6H2,1-2H3,(H,20,22)(H,23,24). The van der Waals surface area contributed by atoms with Crippen LogP contribution in [0.4, 0.5) is 0 Å². The minimum absolute atomic E-state index is 0.0363. The van der Waals surface area contributed by atoms with Gasteiger partial charge in [-0.15, -0.1) is 0 Å². The number of halogens is 1. The number of ether oxygens (including phenoxy) is 1. The highest BCUT2D eigenvalue weighted by atomic mass is 35.5. The van der Waals surface area contributed by atoms with Crippen molar-refractivity contribution >= 4 is 34.2 Å². The Kier molecular flexibility index (Phi) is 4.20. The van der Waals surface area contributed by atoms with Gasteiger partial charge in [0.05, 0.1) is 6.10 Å². The average molecular weight is 365 g/mol. The Morgan fingerprint density at radius 1 is 1.32 bits per heavy atom. The summed E-state index contributed by atoms with van der Waals surface area (Å²) in [7, 11) is 0. The molecule has 1 amide bonds. The maximum absolute atomic E-state index is 12.4. The van der Waals surface area contributed by atoms with E-state index in [-0.39, 0.29) is 22.7 Å². The molecule has 0 atom stereocenters. The summed E-state index contributed by atoms with van der Waals surface area (Å²) in [4.78, 5) is 27.6. The lowest BCUT2D eigenvalue weighted by atomic mass is 10.1. The fourth-order valence-corrected chi connectivity index (χ4v) is 2.79. The van der Waals surface area contributed by atoms with E-state index >= 15 is 0 Å². The molecule has 7 nitrogen and oxygen atoms in total. The summed E-state index contributed by atoms with van der Waals surface area (Å²) in [6.45, 7) is 3.73. The number of benzene rings is 1. The number of amides is 1. The number of hydrogen-bond acceptors (Lipinski definition) is 5. The normalized spacial score (nSPS) is 15.2. The van der Waals surface area contributed by atoms with E-state index < -0.39 is 17.4 Å². The van der Waals surface area contributed by atoms with E-state index in [1.165, 1.54) is 0 Å².